The zero-order valence-corrected chi connectivity index (χ0v) is 16.6. The summed E-state index contributed by atoms with van der Waals surface area (Å²) in [6.07, 6.45) is 3.12. The number of rotatable bonds is 9. The summed E-state index contributed by atoms with van der Waals surface area (Å²) in [7, 11) is 0. The molecule has 1 aromatic heterocycles. The van der Waals surface area contributed by atoms with E-state index in [1.807, 2.05) is 30.9 Å². The lowest BCUT2D eigenvalue weighted by molar-refractivity contribution is -0.130. The van der Waals surface area contributed by atoms with E-state index in [9.17, 15) is 4.79 Å². The van der Waals surface area contributed by atoms with E-state index in [1.165, 1.54) is 0 Å². The molecule has 0 fully saturated rings. The van der Waals surface area contributed by atoms with Gasteiger partial charge in [-0.15, -0.1) is 24.0 Å². The molecule has 7 heteroatoms. The van der Waals surface area contributed by atoms with Crippen LogP contribution >= 0.6 is 24.0 Å². The van der Waals surface area contributed by atoms with Crippen molar-refractivity contribution >= 4 is 35.8 Å². The molecule has 0 aliphatic carbocycles. The Kier molecular flexibility index (Phi) is 12.5. The SMILES string of the molecule is CCCNC(=NCc1ccco1)NCCC(=O)N(CC)CC.I. The standard InChI is InChI=1S/C16H28N4O2.HI/c1-4-10-17-16(19-13-14-8-7-12-22-14)18-11-9-15(21)20(5-2)6-3;/h7-8,12H,4-6,9-11,13H2,1-3H3,(H2,17,18,19);1H. The van der Waals surface area contributed by atoms with Crippen molar-refractivity contribution in [2.45, 2.75) is 40.2 Å². The van der Waals surface area contributed by atoms with Crippen LogP contribution in [0.1, 0.15) is 39.4 Å². The van der Waals surface area contributed by atoms with Crippen molar-refractivity contribution in [2.75, 3.05) is 26.2 Å². The number of carbonyl (C=O) groups is 1. The summed E-state index contributed by atoms with van der Waals surface area (Å²) in [6, 6.07) is 3.74. The van der Waals surface area contributed by atoms with Gasteiger partial charge in [0.25, 0.3) is 0 Å². The Balaban J connectivity index is 0.00000484. The average Bonchev–Trinajstić information content (AvgIpc) is 3.04. The van der Waals surface area contributed by atoms with Crippen LogP contribution in [0.15, 0.2) is 27.8 Å². The number of halogens is 1. The summed E-state index contributed by atoms with van der Waals surface area (Å²) in [5.74, 6) is 1.70. The Labute approximate surface area is 156 Å². The van der Waals surface area contributed by atoms with Gasteiger partial charge in [-0.25, -0.2) is 4.99 Å². The van der Waals surface area contributed by atoms with Crippen molar-refractivity contribution in [3.63, 3.8) is 0 Å². The predicted octanol–water partition coefficient (Wildman–Crippen LogP) is 2.60. The summed E-state index contributed by atoms with van der Waals surface area (Å²) in [5, 5.41) is 6.44. The summed E-state index contributed by atoms with van der Waals surface area (Å²) >= 11 is 0. The summed E-state index contributed by atoms with van der Waals surface area (Å²) in [6.45, 7) is 9.49. The van der Waals surface area contributed by atoms with Gasteiger partial charge < -0.3 is 20.0 Å². The highest BCUT2D eigenvalue weighted by Crippen LogP contribution is 2.01. The number of guanidine groups is 1. The van der Waals surface area contributed by atoms with Crippen LogP contribution in [0.5, 0.6) is 0 Å². The van der Waals surface area contributed by atoms with Gasteiger partial charge in [-0.2, -0.15) is 0 Å². The maximum atomic E-state index is 12.0. The number of amides is 1. The predicted molar refractivity (Wildman–Crippen MR) is 104 cm³/mol. The van der Waals surface area contributed by atoms with Crippen LogP contribution < -0.4 is 10.6 Å². The van der Waals surface area contributed by atoms with Crippen molar-refractivity contribution in [3.05, 3.63) is 24.2 Å². The van der Waals surface area contributed by atoms with Crippen LogP contribution in [-0.4, -0.2) is 42.9 Å². The van der Waals surface area contributed by atoms with Crippen LogP contribution in [0.3, 0.4) is 0 Å². The second kappa shape index (κ2) is 13.2. The molecule has 0 saturated heterocycles. The molecule has 0 aliphatic rings. The first kappa shape index (κ1) is 21.8. The molecule has 0 spiro atoms. The van der Waals surface area contributed by atoms with Crippen LogP contribution in [0, 0.1) is 0 Å². The molecule has 0 aliphatic heterocycles. The van der Waals surface area contributed by atoms with Crippen LogP contribution in [-0.2, 0) is 11.3 Å². The average molecular weight is 436 g/mol. The van der Waals surface area contributed by atoms with Gasteiger partial charge in [0.1, 0.15) is 12.3 Å². The van der Waals surface area contributed by atoms with Gasteiger partial charge in [0.15, 0.2) is 5.96 Å². The largest absolute Gasteiger partial charge is 0.467 e. The second-order valence-electron chi connectivity index (χ2n) is 4.91. The molecule has 0 atom stereocenters. The molecule has 132 valence electrons. The first-order valence-corrected chi connectivity index (χ1v) is 8.03. The molecule has 1 aromatic rings. The molecule has 1 amide bonds. The summed E-state index contributed by atoms with van der Waals surface area (Å²) in [4.78, 5) is 18.3. The van der Waals surface area contributed by atoms with Crippen molar-refractivity contribution in [1.29, 1.82) is 0 Å². The summed E-state index contributed by atoms with van der Waals surface area (Å²) < 4.78 is 5.27. The molecule has 0 bridgehead atoms. The van der Waals surface area contributed by atoms with Gasteiger partial charge >= 0.3 is 0 Å². The lowest BCUT2D eigenvalue weighted by Crippen LogP contribution is -2.40. The Morgan fingerprint density at radius 2 is 1.91 bits per heavy atom. The van der Waals surface area contributed by atoms with Gasteiger partial charge in [0, 0.05) is 32.6 Å². The highest BCUT2D eigenvalue weighted by atomic mass is 127. The number of furan rings is 1. The first-order chi connectivity index (χ1) is 10.7. The zero-order valence-electron chi connectivity index (χ0n) is 14.3. The van der Waals surface area contributed by atoms with Gasteiger partial charge in [-0.3, -0.25) is 4.79 Å². The quantitative estimate of drug-likeness (QED) is 0.355. The normalized spacial score (nSPS) is 10.8. The molecular formula is C16H29IN4O2. The molecular weight excluding hydrogens is 407 g/mol. The fourth-order valence-corrected chi connectivity index (χ4v) is 2.00. The summed E-state index contributed by atoms with van der Waals surface area (Å²) in [5.41, 5.74) is 0. The number of nitrogens with zero attached hydrogens (tertiary/aromatic N) is 2. The van der Waals surface area contributed by atoms with E-state index in [4.69, 9.17) is 4.42 Å². The fourth-order valence-electron chi connectivity index (χ4n) is 2.00. The maximum absolute atomic E-state index is 12.0. The van der Waals surface area contributed by atoms with Gasteiger partial charge in [0.2, 0.25) is 5.91 Å². The lowest BCUT2D eigenvalue weighted by Gasteiger charge is -2.19. The minimum absolute atomic E-state index is 0. The monoisotopic (exact) mass is 436 g/mol. The van der Waals surface area contributed by atoms with Gasteiger partial charge in [-0.1, -0.05) is 6.92 Å². The molecule has 0 radical (unpaired) electrons. The van der Waals surface area contributed by atoms with E-state index in [0.717, 1.165) is 31.8 Å². The van der Waals surface area contributed by atoms with Crippen molar-refractivity contribution < 1.29 is 9.21 Å². The van der Waals surface area contributed by atoms with E-state index < -0.39 is 0 Å². The molecule has 2 N–H and O–H groups in total. The third-order valence-corrected chi connectivity index (χ3v) is 3.26. The third kappa shape index (κ3) is 8.83. The Morgan fingerprint density at radius 3 is 2.48 bits per heavy atom. The molecule has 0 unspecified atom stereocenters. The second-order valence-corrected chi connectivity index (χ2v) is 4.91. The van der Waals surface area contributed by atoms with Crippen molar-refractivity contribution in [1.82, 2.24) is 15.5 Å². The van der Waals surface area contributed by atoms with Crippen LogP contribution in [0.25, 0.3) is 0 Å². The number of hydrogen-bond donors (Lipinski definition) is 2. The highest BCUT2D eigenvalue weighted by Gasteiger charge is 2.09. The van der Waals surface area contributed by atoms with Crippen LogP contribution in [0.2, 0.25) is 0 Å². The van der Waals surface area contributed by atoms with E-state index in [-0.39, 0.29) is 29.9 Å². The topological polar surface area (TPSA) is 69.9 Å². The molecule has 1 rings (SSSR count). The van der Waals surface area contributed by atoms with Gasteiger partial charge in [0.05, 0.1) is 6.26 Å². The first-order valence-electron chi connectivity index (χ1n) is 8.03. The van der Waals surface area contributed by atoms with Gasteiger partial charge in [-0.05, 0) is 32.4 Å². The Morgan fingerprint density at radius 1 is 1.22 bits per heavy atom. The molecule has 0 saturated carbocycles. The van der Waals surface area contributed by atoms with Crippen molar-refractivity contribution in [3.8, 4) is 0 Å². The number of hydrogen-bond acceptors (Lipinski definition) is 3. The zero-order chi connectivity index (χ0) is 16.2. The molecule has 23 heavy (non-hydrogen) atoms. The Bertz CT molecular complexity index is 445. The van der Waals surface area contributed by atoms with Crippen LogP contribution in [0.4, 0.5) is 0 Å². The molecule has 1 heterocycles. The smallest absolute Gasteiger partial charge is 0.224 e. The molecule has 6 nitrogen and oxygen atoms in total. The lowest BCUT2D eigenvalue weighted by atomic mass is 10.3. The van der Waals surface area contributed by atoms with E-state index >= 15 is 0 Å². The molecule has 0 aromatic carbocycles. The number of carbonyl (C=O) groups excluding carboxylic acids is 1. The van der Waals surface area contributed by atoms with E-state index in [2.05, 4.69) is 22.5 Å². The minimum atomic E-state index is 0. The minimum Gasteiger partial charge on any atom is -0.467 e. The van der Waals surface area contributed by atoms with E-state index in [1.54, 1.807) is 6.26 Å². The fraction of sp³-hybridized carbons (Fsp3) is 0.625. The number of nitrogens with one attached hydrogen (secondary N) is 2. The van der Waals surface area contributed by atoms with E-state index in [0.29, 0.717) is 25.5 Å². The number of aliphatic imine (C=N–C) groups is 1. The maximum Gasteiger partial charge on any atom is 0.224 e. The third-order valence-electron chi connectivity index (χ3n) is 3.26. The highest BCUT2D eigenvalue weighted by molar-refractivity contribution is 14.0. The Hall–Kier alpha value is -1.25. The van der Waals surface area contributed by atoms with Crippen molar-refractivity contribution in [2.24, 2.45) is 4.99 Å².